The van der Waals surface area contributed by atoms with Crippen molar-refractivity contribution in [1.82, 2.24) is 0 Å². The molecule has 0 radical (unpaired) electrons. The van der Waals surface area contributed by atoms with Gasteiger partial charge in [0.1, 0.15) is 11.5 Å². The third kappa shape index (κ3) is 2.09. The van der Waals surface area contributed by atoms with E-state index >= 15 is 0 Å². The maximum atomic E-state index is 6.11. The first-order valence-electron chi connectivity index (χ1n) is 7.56. The molecule has 4 rings (SSSR count). The fourth-order valence-electron chi connectivity index (χ4n) is 3.40. The zero-order valence-electron chi connectivity index (χ0n) is 12.1. The van der Waals surface area contributed by atoms with E-state index in [0.717, 1.165) is 17.9 Å². The summed E-state index contributed by atoms with van der Waals surface area (Å²) in [5, 5.41) is 0. The molecule has 1 heteroatoms. The SMILES string of the molecule is CC1c2ccccc2OC2=CC=C(c3ccccc3)CC21. The largest absolute Gasteiger partial charge is 0.461 e. The van der Waals surface area contributed by atoms with Crippen molar-refractivity contribution in [2.24, 2.45) is 5.92 Å². The van der Waals surface area contributed by atoms with Crippen LogP contribution in [0.4, 0.5) is 0 Å². The van der Waals surface area contributed by atoms with Crippen LogP contribution in [-0.4, -0.2) is 0 Å². The van der Waals surface area contributed by atoms with Crippen LogP contribution in [0.15, 0.2) is 72.5 Å². The van der Waals surface area contributed by atoms with Crippen molar-refractivity contribution >= 4 is 5.57 Å². The Morgan fingerprint density at radius 2 is 1.67 bits per heavy atom. The quantitative estimate of drug-likeness (QED) is 0.697. The highest BCUT2D eigenvalue weighted by Gasteiger charge is 2.33. The summed E-state index contributed by atoms with van der Waals surface area (Å²) in [6.07, 6.45) is 5.41. The summed E-state index contributed by atoms with van der Waals surface area (Å²) in [5.74, 6) is 3.07. The summed E-state index contributed by atoms with van der Waals surface area (Å²) in [6.45, 7) is 2.31. The number of ether oxygens (including phenoxy) is 1. The van der Waals surface area contributed by atoms with E-state index in [-0.39, 0.29) is 0 Å². The van der Waals surface area contributed by atoms with Crippen molar-refractivity contribution in [2.45, 2.75) is 19.3 Å². The molecule has 2 aliphatic rings. The molecule has 0 bridgehead atoms. The van der Waals surface area contributed by atoms with E-state index in [1.54, 1.807) is 0 Å². The highest BCUT2D eigenvalue weighted by atomic mass is 16.5. The van der Waals surface area contributed by atoms with Gasteiger partial charge in [-0.15, -0.1) is 0 Å². The number of hydrogen-bond donors (Lipinski definition) is 0. The minimum atomic E-state index is 0.445. The van der Waals surface area contributed by atoms with Gasteiger partial charge < -0.3 is 4.74 Å². The molecule has 0 fully saturated rings. The minimum absolute atomic E-state index is 0.445. The van der Waals surface area contributed by atoms with E-state index in [2.05, 4.69) is 67.6 Å². The van der Waals surface area contributed by atoms with Crippen molar-refractivity contribution in [2.75, 3.05) is 0 Å². The molecule has 0 N–H and O–H groups in total. The van der Waals surface area contributed by atoms with Gasteiger partial charge in [0.15, 0.2) is 0 Å². The Bertz CT molecular complexity index is 725. The summed E-state index contributed by atoms with van der Waals surface area (Å²) < 4.78 is 6.11. The molecule has 1 aliphatic carbocycles. The topological polar surface area (TPSA) is 9.23 Å². The Hall–Kier alpha value is -2.28. The molecule has 1 aliphatic heterocycles. The van der Waals surface area contributed by atoms with Crippen LogP contribution in [0, 0.1) is 5.92 Å². The molecular formula is C20H18O. The molecule has 104 valence electrons. The zero-order valence-corrected chi connectivity index (χ0v) is 12.1. The van der Waals surface area contributed by atoms with E-state index in [9.17, 15) is 0 Å². The summed E-state index contributed by atoms with van der Waals surface area (Å²) in [4.78, 5) is 0. The van der Waals surface area contributed by atoms with Gasteiger partial charge in [0.25, 0.3) is 0 Å². The third-order valence-corrected chi connectivity index (χ3v) is 4.64. The fourth-order valence-corrected chi connectivity index (χ4v) is 3.40. The van der Waals surface area contributed by atoms with Gasteiger partial charge in [-0.3, -0.25) is 0 Å². The summed E-state index contributed by atoms with van der Waals surface area (Å²) in [7, 11) is 0. The van der Waals surface area contributed by atoms with Crippen LogP contribution in [0.1, 0.15) is 30.4 Å². The highest BCUT2D eigenvalue weighted by Crippen LogP contribution is 2.46. The van der Waals surface area contributed by atoms with Gasteiger partial charge in [0.2, 0.25) is 0 Å². The molecule has 0 saturated carbocycles. The fraction of sp³-hybridized carbons (Fsp3) is 0.200. The summed E-state index contributed by atoms with van der Waals surface area (Å²) in [5.41, 5.74) is 4.05. The third-order valence-electron chi connectivity index (χ3n) is 4.64. The van der Waals surface area contributed by atoms with Gasteiger partial charge >= 0.3 is 0 Å². The first-order chi connectivity index (χ1) is 10.3. The van der Waals surface area contributed by atoms with E-state index in [4.69, 9.17) is 4.74 Å². The Labute approximate surface area is 125 Å². The molecule has 1 heterocycles. The lowest BCUT2D eigenvalue weighted by Crippen LogP contribution is -2.24. The predicted octanol–water partition coefficient (Wildman–Crippen LogP) is 5.17. The van der Waals surface area contributed by atoms with Gasteiger partial charge in [0.05, 0.1) is 0 Å². The van der Waals surface area contributed by atoms with Crippen molar-refractivity contribution in [1.29, 1.82) is 0 Å². The van der Waals surface area contributed by atoms with Crippen LogP contribution >= 0.6 is 0 Å². The van der Waals surface area contributed by atoms with Crippen molar-refractivity contribution in [3.8, 4) is 5.75 Å². The molecule has 0 aromatic heterocycles. The minimum Gasteiger partial charge on any atom is -0.461 e. The lowest BCUT2D eigenvalue weighted by Gasteiger charge is -2.35. The number of allylic oxidation sites excluding steroid dienone is 4. The average Bonchev–Trinajstić information content (AvgIpc) is 2.56. The van der Waals surface area contributed by atoms with Gasteiger partial charge in [0, 0.05) is 5.92 Å². The van der Waals surface area contributed by atoms with Crippen molar-refractivity contribution < 1.29 is 4.74 Å². The molecular weight excluding hydrogens is 256 g/mol. The van der Waals surface area contributed by atoms with E-state index in [1.807, 2.05) is 6.07 Å². The van der Waals surface area contributed by atoms with Crippen molar-refractivity contribution in [3.63, 3.8) is 0 Å². The monoisotopic (exact) mass is 274 g/mol. The van der Waals surface area contributed by atoms with Crippen LogP contribution in [0.3, 0.4) is 0 Å². The molecule has 0 spiro atoms. The van der Waals surface area contributed by atoms with E-state index in [0.29, 0.717) is 11.8 Å². The van der Waals surface area contributed by atoms with Gasteiger partial charge in [-0.1, -0.05) is 61.5 Å². The van der Waals surface area contributed by atoms with Crippen LogP contribution in [0.25, 0.3) is 5.57 Å². The Balaban J connectivity index is 1.72. The van der Waals surface area contributed by atoms with E-state index in [1.165, 1.54) is 16.7 Å². The second-order valence-corrected chi connectivity index (χ2v) is 5.87. The highest BCUT2D eigenvalue weighted by molar-refractivity contribution is 5.69. The molecule has 1 nitrogen and oxygen atoms in total. The van der Waals surface area contributed by atoms with Crippen LogP contribution in [0.2, 0.25) is 0 Å². The lowest BCUT2D eigenvalue weighted by molar-refractivity contribution is 0.286. The molecule has 0 amide bonds. The van der Waals surface area contributed by atoms with Crippen LogP contribution in [-0.2, 0) is 0 Å². The zero-order chi connectivity index (χ0) is 14.2. The van der Waals surface area contributed by atoms with E-state index < -0.39 is 0 Å². The summed E-state index contributed by atoms with van der Waals surface area (Å²) in [6, 6.07) is 19.1. The first kappa shape index (κ1) is 12.5. The molecule has 2 aromatic carbocycles. The smallest absolute Gasteiger partial charge is 0.130 e. The predicted molar refractivity (Wildman–Crippen MR) is 86.1 cm³/mol. The number of benzene rings is 2. The van der Waals surface area contributed by atoms with Crippen molar-refractivity contribution in [3.05, 3.63) is 83.6 Å². The average molecular weight is 274 g/mol. The Morgan fingerprint density at radius 1 is 0.905 bits per heavy atom. The molecule has 0 saturated heterocycles. The van der Waals surface area contributed by atoms with Crippen LogP contribution < -0.4 is 4.74 Å². The van der Waals surface area contributed by atoms with Gasteiger partial charge in [-0.2, -0.15) is 0 Å². The second kappa shape index (κ2) is 4.92. The molecule has 2 atom stereocenters. The lowest BCUT2D eigenvalue weighted by atomic mass is 9.76. The summed E-state index contributed by atoms with van der Waals surface area (Å²) >= 11 is 0. The first-order valence-corrected chi connectivity index (χ1v) is 7.56. The van der Waals surface area contributed by atoms with Gasteiger partial charge in [-0.25, -0.2) is 0 Å². The van der Waals surface area contributed by atoms with Gasteiger partial charge in [-0.05, 0) is 41.2 Å². The van der Waals surface area contributed by atoms with Crippen LogP contribution in [0.5, 0.6) is 5.75 Å². The molecule has 2 unspecified atom stereocenters. The molecule has 21 heavy (non-hydrogen) atoms. The number of hydrogen-bond acceptors (Lipinski definition) is 1. The molecule has 2 aromatic rings. The maximum Gasteiger partial charge on any atom is 0.130 e. The number of fused-ring (bicyclic) bond motifs is 2. The number of rotatable bonds is 1. The number of para-hydroxylation sites is 1. The standard InChI is InChI=1S/C20H18O/c1-14-17-9-5-6-10-19(17)21-20-12-11-16(13-18(14)20)15-7-3-2-4-8-15/h2-12,14,18H,13H2,1H3. The second-order valence-electron chi connectivity index (χ2n) is 5.87. The Morgan fingerprint density at radius 3 is 2.52 bits per heavy atom. The maximum absolute atomic E-state index is 6.11. The Kier molecular flexibility index (Phi) is 2.92. The normalized spacial score (nSPS) is 23.3.